The highest BCUT2D eigenvalue weighted by Crippen LogP contribution is 2.39. The maximum Gasteiger partial charge on any atom is 0.456 e. The molecule has 0 unspecified atom stereocenters. The number of piperidine rings is 1. The van der Waals surface area contributed by atoms with E-state index in [0.717, 1.165) is 31.6 Å². The summed E-state index contributed by atoms with van der Waals surface area (Å²) in [6, 6.07) is 2.99. The van der Waals surface area contributed by atoms with E-state index in [2.05, 4.69) is 10.6 Å². The summed E-state index contributed by atoms with van der Waals surface area (Å²) < 4.78 is 40.0. The second-order valence-electron chi connectivity index (χ2n) is 6.86. The second-order valence-corrected chi connectivity index (χ2v) is 6.86. The summed E-state index contributed by atoms with van der Waals surface area (Å²) in [7, 11) is 0. The number of aromatic nitrogens is 1. The lowest BCUT2D eigenvalue weighted by Crippen LogP contribution is -2.63. The lowest BCUT2D eigenvalue weighted by Gasteiger charge is -2.49. The van der Waals surface area contributed by atoms with Crippen molar-refractivity contribution in [2.45, 2.75) is 50.5 Å². The number of nitrogens with one attached hydrogen (secondary N) is 2. The first kappa shape index (κ1) is 21.3. The zero-order chi connectivity index (χ0) is 16.2. The van der Waals surface area contributed by atoms with E-state index in [0.29, 0.717) is 6.54 Å². The molecular formula is C15H22Cl2F3N3O. The number of hydrogen-bond donors (Lipinski definition) is 2. The van der Waals surface area contributed by atoms with Crippen LogP contribution in [0.2, 0.25) is 0 Å². The summed E-state index contributed by atoms with van der Waals surface area (Å²) in [5, 5.41) is 6.87. The normalized spacial score (nSPS) is 21.4. The fraction of sp³-hybridized carbons (Fsp3) is 0.667. The standard InChI is InChI=1S/C15H20F3N3O.2ClH/c1-13(2)9-21-10(12(22)15(16,17)18)3-4-11(21)14(20-13)5-7-19-8-6-14;;/h3-4,19-20H,5-9H2,1-2H3;2*1H. The molecule has 0 aromatic carbocycles. The number of halogens is 5. The molecule has 3 heterocycles. The van der Waals surface area contributed by atoms with Crippen LogP contribution in [0.15, 0.2) is 12.1 Å². The van der Waals surface area contributed by atoms with Gasteiger partial charge in [0.1, 0.15) is 0 Å². The van der Waals surface area contributed by atoms with Gasteiger partial charge in [-0.05, 0) is 51.9 Å². The van der Waals surface area contributed by atoms with Gasteiger partial charge in [-0.1, -0.05) is 0 Å². The number of nitrogens with zero attached hydrogens (tertiary/aromatic N) is 1. The van der Waals surface area contributed by atoms with Gasteiger partial charge in [-0.2, -0.15) is 13.2 Å². The van der Waals surface area contributed by atoms with Crippen molar-refractivity contribution in [1.82, 2.24) is 15.2 Å². The highest BCUT2D eigenvalue weighted by Gasteiger charge is 2.47. The molecule has 2 aliphatic heterocycles. The van der Waals surface area contributed by atoms with Crippen LogP contribution < -0.4 is 10.6 Å². The van der Waals surface area contributed by atoms with Gasteiger partial charge in [-0.25, -0.2) is 0 Å². The van der Waals surface area contributed by atoms with Crippen LogP contribution >= 0.6 is 24.8 Å². The summed E-state index contributed by atoms with van der Waals surface area (Å²) in [6.45, 7) is 5.87. The molecule has 2 N–H and O–H groups in total. The lowest BCUT2D eigenvalue weighted by molar-refractivity contribution is -0.0892. The summed E-state index contributed by atoms with van der Waals surface area (Å²) in [5.74, 6) is -1.76. The molecule has 0 atom stereocenters. The van der Waals surface area contributed by atoms with E-state index >= 15 is 0 Å². The predicted molar refractivity (Wildman–Crippen MR) is 90.3 cm³/mol. The van der Waals surface area contributed by atoms with Crippen molar-refractivity contribution in [3.05, 3.63) is 23.5 Å². The van der Waals surface area contributed by atoms with E-state index < -0.39 is 12.0 Å². The van der Waals surface area contributed by atoms with Crippen LogP contribution in [-0.4, -0.2) is 35.2 Å². The van der Waals surface area contributed by atoms with Gasteiger partial charge in [0, 0.05) is 17.8 Å². The van der Waals surface area contributed by atoms with E-state index in [4.69, 9.17) is 0 Å². The average Bonchev–Trinajstić information content (AvgIpc) is 2.80. The topological polar surface area (TPSA) is 46.1 Å². The fourth-order valence-corrected chi connectivity index (χ4v) is 3.78. The molecule has 0 aliphatic carbocycles. The first-order valence-corrected chi connectivity index (χ1v) is 7.46. The number of fused-ring (bicyclic) bond motifs is 2. The molecule has 1 spiro atoms. The predicted octanol–water partition coefficient (Wildman–Crippen LogP) is 3.04. The summed E-state index contributed by atoms with van der Waals surface area (Å²) >= 11 is 0. The molecule has 4 nitrogen and oxygen atoms in total. The molecule has 0 radical (unpaired) electrons. The largest absolute Gasteiger partial charge is 0.456 e. The van der Waals surface area contributed by atoms with Crippen molar-refractivity contribution in [1.29, 1.82) is 0 Å². The third kappa shape index (κ3) is 3.59. The molecular weight excluding hydrogens is 366 g/mol. The van der Waals surface area contributed by atoms with Crippen LogP contribution in [0, 0.1) is 0 Å². The molecule has 3 rings (SSSR count). The first-order valence-electron chi connectivity index (χ1n) is 7.46. The van der Waals surface area contributed by atoms with Gasteiger partial charge in [0.05, 0.1) is 11.2 Å². The molecule has 1 aromatic heterocycles. The zero-order valence-corrected chi connectivity index (χ0v) is 15.1. The van der Waals surface area contributed by atoms with Gasteiger partial charge < -0.3 is 9.88 Å². The zero-order valence-electron chi connectivity index (χ0n) is 13.5. The fourth-order valence-electron chi connectivity index (χ4n) is 3.78. The van der Waals surface area contributed by atoms with Gasteiger partial charge in [0.25, 0.3) is 5.78 Å². The Hall–Kier alpha value is -0.760. The Morgan fingerprint density at radius 3 is 2.29 bits per heavy atom. The lowest BCUT2D eigenvalue weighted by atomic mass is 9.80. The molecule has 1 saturated heterocycles. The molecule has 0 saturated carbocycles. The van der Waals surface area contributed by atoms with Gasteiger partial charge >= 0.3 is 6.18 Å². The van der Waals surface area contributed by atoms with Gasteiger partial charge in [-0.15, -0.1) is 24.8 Å². The number of carbonyl (C=O) groups excluding carboxylic acids is 1. The van der Waals surface area contributed by atoms with E-state index in [1.807, 2.05) is 13.8 Å². The average molecular weight is 388 g/mol. The van der Waals surface area contributed by atoms with Crippen molar-refractivity contribution in [3.8, 4) is 0 Å². The monoisotopic (exact) mass is 387 g/mol. The highest BCUT2D eigenvalue weighted by molar-refractivity contribution is 5.99. The number of alkyl halides is 3. The Bertz CT molecular complexity index is 608. The molecule has 1 aromatic rings. The SMILES string of the molecule is CC1(C)Cn2c(C(=O)C(F)(F)F)ccc2C2(CCNCC2)N1.Cl.Cl. The third-order valence-electron chi connectivity index (χ3n) is 4.55. The van der Waals surface area contributed by atoms with Crippen LogP contribution in [-0.2, 0) is 12.1 Å². The Morgan fingerprint density at radius 2 is 1.75 bits per heavy atom. The number of Topliss-reactive ketones (excluding diaryl/α,β-unsaturated/α-hetero) is 1. The van der Waals surface area contributed by atoms with E-state index in [1.165, 1.54) is 6.07 Å². The van der Waals surface area contributed by atoms with Crippen molar-refractivity contribution in [2.75, 3.05) is 13.1 Å². The number of rotatable bonds is 1. The summed E-state index contributed by atoms with van der Waals surface area (Å²) in [4.78, 5) is 11.7. The number of ketones is 1. The minimum atomic E-state index is -4.84. The first-order chi connectivity index (χ1) is 10.1. The maximum absolute atomic E-state index is 12.8. The quantitative estimate of drug-likeness (QED) is 0.728. The molecule has 138 valence electrons. The minimum Gasteiger partial charge on any atom is -0.338 e. The van der Waals surface area contributed by atoms with Crippen molar-refractivity contribution in [3.63, 3.8) is 0 Å². The smallest absolute Gasteiger partial charge is 0.338 e. The van der Waals surface area contributed by atoms with Crippen LogP contribution in [0.3, 0.4) is 0 Å². The van der Waals surface area contributed by atoms with Crippen LogP contribution in [0.5, 0.6) is 0 Å². The third-order valence-corrected chi connectivity index (χ3v) is 4.55. The van der Waals surface area contributed by atoms with Crippen LogP contribution in [0.25, 0.3) is 0 Å². The Balaban J connectivity index is 0.00000144. The highest BCUT2D eigenvalue weighted by atomic mass is 35.5. The van der Waals surface area contributed by atoms with Crippen LogP contribution in [0.4, 0.5) is 13.2 Å². The summed E-state index contributed by atoms with van der Waals surface area (Å²) in [6.07, 6.45) is -3.26. The van der Waals surface area contributed by atoms with Crippen molar-refractivity contribution < 1.29 is 18.0 Å². The van der Waals surface area contributed by atoms with E-state index in [1.54, 1.807) is 10.6 Å². The van der Waals surface area contributed by atoms with Gasteiger partial charge in [-0.3, -0.25) is 10.1 Å². The molecule has 1 fully saturated rings. The molecule has 24 heavy (non-hydrogen) atoms. The number of hydrogen-bond acceptors (Lipinski definition) is 3. The van der Waals surface area contributed by atoms with E-state index in [9.17, 15) is 18.0 Å². The molecule has 9 heteroatoms. The van der Waals surface area contributed by atoms with Gasteiger partial charge in [0.15, 0.2) is 0 Å². The van der Waals surface area contributed by atoms with E-state index in [-0.39, 0.29) is 41.6 Å². The molecule has 0 amide bonds. The molecule has 2 aliphatic rings. The summed E-state index contributed by atoms with van der Waals surface area (Å²) in [5.41, 5.74) is -0.197. The minimum absolute atomic E-state index is 0. The second kappa shape index (κ2) is 6.86. The van der Waals surface area contributed by atoms with Gasteiger partial charge in [0.2, 0.25) is 0 Å². The Morgan fingerprint density at radius 1 is 1.17 bits per heavy atom. The number of carbonyl (C=O) groups is 1. The van der Waals surface area contributed by atoms with Crippen molar-refractivity contribution in [2.24, 2.45) is 0 Å². The Kier molecular flexibility index (Phi) is 6.08. The van der Waals surface area contributed by atoms with Crippen molar-refractivity contribution >= 4 is 30.6 Å². The maximum atomic E-state index is 12.8. The van der Waals surface area contributed by atoms with Crippen LogP contribution in [0.1, 0.15) is 42.9 Å². The Labute approximate surface area is 151 Å². The molecule has 0 bridgehead atoms.